The van der Waals surface area contributed by atoms with Crippen molar-refractivity contribution >= 4 is 11.6 Å². The van der Waals surface area contributed by atoms with Gasteiger partial charge in [0, 0.05) is 18.1 Å². The van der Waals surface area contributed by atoms with Crippen molar-refractivity contribution in [3.05, 3.63) is 66.5 Å². The molecule has 5 heteroatoms. The van der Waals surface area contributed by atoms with Crippen LogP contribution in [0, 0.1) is 5.82 Å². The monoisotopic (exact) mass is 405 g/mol. The predicted octanol–water partition coefficient (Wildman–Crippen LogP) is 6.15. The van der Waals surface area contributed by atoms with Gasteiger partial charge in [0.05, 0.1) is 11.8 Å². The van der Waals surface area contributed by atoms with E-state index >= 15 is 0 Å². The van der Waals surface area contributed by atoms with Gasteiger partial charge in [-0.1, -0.05) is 36.4 Å². The number of nitrogens with one attached hydrogen (secondary N) is 1. The molecule has 4 nitrogen and oxygen atoms in total. The van der Waals surface area contributed by atoms with Crippen molar-refractivity contribution < 1.29 is 19.0 Å². The van der Waals surface area contributed by atoms with Crippen LogP contribution in [-0.4, -0.2) is 17.1 Å². The number of amides is 1. The van der Waals surface area contributed by atoms with Crippen LogP contribution in [0.3, 0.4) is 0 Å². The van der Waals surface area contributed by atoms with Crippen LogP contribution in [0.1, 0.15) is 32.6 Å². The quantitative estimate of drug-likeness (QED) is 0.536. The van der Waals surface area contributed by atoms with Crippen LogP contribution < -0.4 is 10.1 Å². The Morgan fingerprint density at radius 3 is 2.27 bits per heavy atom. The molecule has 0 aromatic heterocycles. The van der Waals surface area contributed by atoms with Gasteiger partial charge in [0.1, 0.15) is 17.3 Å². The van der Waals surface area contributed by atoms with Crippen molar-refractivity contribution in [1.29, 1.82) is 0 Å². The van der Waals surface area contributed by atoms with E-state index in [2.05, 4.69) is 5.32 Å². The molecule has 0 heterocycles. The second-order valence-corrected chi connectivity index (χ2v) is 7.63. The number of phenols is 1. The molecule has 0 saturated heterocycles. The fraction of sp³-hybridized carbons (Fsp3) is 0.240. The zero-order valence-corrected chi connectivity index (χ0v) is 16.8. The van der Waals surface area contributed by atoms with Gasteiger partial charge < -0.3 is 15.2 Å². The van der Waals surface area contributed by atoms with E-state index in [1.165, 1.54) is 31.9 Å². The summed E-state index contributed by atoms with van der Waals surface area (Å²) in [5.41, 5.74) is 2.67. The van der Waals surface area contributed by atoms with Crippen LogP contribution in [-0.2, 0) is 4.79 Å². The minimum Gasteiger partial charge on any atom is -0.507 e. The minimum absolute atomic E-state index is 0.0774. The molecule has 2 N–H and O–H groups in total. The fourth-order valence-electron chi connectivity index (χ4n) is 3.89. The second kappa shape index (κ2) is 8.57. The molecular formula is C25H24FNO3. The largest absolute Gasteiger partial charge is 0.507 e. The van der Waals surface area contributed by atoms with Gasteiger partial charge in [-0.25, -0.2) is 4.39 Å². The maximum Gasteiger partial charge on any atom is 0.221 e. The zero-order chi connectivity index (χ0) is 21.1. The summed E-state index contributed by atoms with van der Waals surface area (Å²) in [6, 6.07) is 17.5. The van der Waals surface area contributed by atoms with Crippen molar-refractivity contribution in [3.63, 3.8) is 0 Å². The Labute approximate surface area is 175 Å². The molecule has 3 aromatic carbocycles. The SMILES string of the molecule is CC(=O)Nc1ccc(-c2cccc(-c3ccc(OC4CCCC4)cc3)c2O)cc1F. The molecule has 30 heavy (non-hydrogen) atoms. The van der Waals surface area contributed by atoms with Crippen LogP contribution in [0.2, 0.25) is 0 Å². The molecule has 0 spiro atoms. The van der Waals surface area contributed by atoms with Gasteiger partial charge in [-0.15, -0.1) is 0 Å². The smallest absolute Gasteiger partial charge is 0.221 e. The Bertz CT molecular complexity index is 1060. The van der Waals surface area contributed by atoms with Crippen molar-refractivity contribution in [2.45, 2.75) is 38.7 Å². The van der Waals surface area contributed by atoms with Gasteiger partial charge in [-0.3, -0.25) is 4.79 Å². The normalized spacial score (nSPS) is 13.9. The molecule has 0 aliphatic heterocycles. The maximum atomic E-state index is 14.4. The van der Waals surface area contributed by atoms with E-state index in [0.717, 1.165) is 24.2 Å². The highest BCUT2D eigenvalue weighted by molar-refractivity contribution is 5.89. The lowest BCUT2D eigenvalue weighted by Gasteiger charge is -2.14. The Hall–Kier alpha value is -3.34. The summed E-state index contributed by atoms with van der Waals surface area (Å²) in [6.07, 6.45) is 4.93. The Balaban J connectivity index is 1.60. The van der Waals surface area contributed by atoms with Crippen LogP contribution >= 0.6 is 0 Å². The lowest BCUT2D eigenvalue weighted by atomic mass is 9.97. The first-order valence-electron chi connectivity index (χ1n) is 10.2. The number of phenolic OH excluding ortho intramolecular Hbond substituents is 1. The number of ether oxygens (including phenoxy) is 1. The molecule has 1 aliphatic rings. The molecule has 1 amide bonds. The van der Waals surface area contributed by atoms with E-state index in [1.807, 2.05) is 36.4 Å². The summed E-state index contributed by atoms with van der Waals surface area (Å²) < 4.78 is 20.4. The van der Waals surface area contributed by atoms with Crippen molar-refractivity contribution in [2.75, 3.05) is 5.32 Å². The number of halogens is 1. The molecule has 0 atom stereocenters. The van der Waals surface area contributed by atoms with Crippen LogP contribution in [0.5, 0.6) is 11.5 Å². The van der Waals surface area contributed by atoms with Gasteiger partial charge >= 0.3 is 0 Å². The highest BCUT2D eigenvalue weighted by Gasteiger charge is 2.17. The third-order valence-electron chi connectivity index (χ3n) is 5.40. The zero-order valence-electron chi connectivity index (χ0n) is 16.8. The third-order valence-corrected chi connectivity index (χ3v) is 5.40. The summed E-state index contributed by atoms with van der Waals surface area (Å²) in [4.78, 5) is 11.2. The summed E-state index contributed by atoms with van der Waals surface area (Å²) in [5, 5.41) is 13.3. The lowest BCUT2D eigenvalue weighted by molar-refractivity contribution is -0.114. The molecule has 0 radical (unpaired) electrons. The number of benzene rings is 3. The lowest BCUT2D eigenvalue weighted by Crippen LogP contribution is -2.10. The average Bonchev–Trinajstić information content (AvgIpc) is 3.23. The van der Waals surface area contributed by atoms with Crippen LogP contribution in [0.15, 0.2) is 60.7 Å². The number of rotatable bonds is 5. The maximum absolute atomic E-state index is 14.4. The molecule has 1 fully saturated rings. The Kier molecular flexibility index (Phi) is 5.70. The Morgan fingerprint density at radius 2 is 1.63 bits per heavy atom. The molecule has 1 aliphatic carbocycles. The predicted molar refractivity (Wildman–Crippen MR) is 116 cm³/mol. The summed E-state index contributed by atoms with van der Waals surface area (Å²) in [7, 11) is 0. The van der Waals surface area contributed by atoms with E-state index in [0.29, 0.717) is 22.8 Å². The van der Waals surface area contributed by atoms with Crippen molar-refractivity contribution in [1.82, 2.24) is 0 Å². The third kappa shape index (κ3) is 4.30. The number of para-hydroxylation sites is 1. The van der Waals surface area contributed by atoms with E-state index in [9.17, 15) is 14.3 Å². The van der Waals surface area contributed by atoms with Crippen LogP contribution in [0.25, 0.3) is 22.3 Å². The van der Waals surface area contributed by atoms with E-state index < -0.39 is 5.82 Å². The summed E-state index contributed by atoms with van der Waals surface area (Å²) in [6.45, 7) is 1.33. The summed E-state index contributed by atoms with van der Waals surface area (Å²) >= 11 is 0. The molecule has 1 saturated carbocycles. The van der Waals surface area contributed by atoms with Gasteiger partial charge in [0.25, 0.3) is 0 Å². The fourth-order valence-corrected chi connectivity index (χ4v) is 3.89. The molecule has 3 aromatic rings. The number of aromatic hydroxyl groups is 1. The molecule has 0 unspecified atom stereocenters. The van der Waals surface area contributed by atoms with E-state index in [-0.39, 0.29) is 17.3 Å². The number of anilines is 1. The first-order valence-corrected chi connectivity index (χ1v) is 10.2. The first kappa shape index (κ1) is 20.0. The van der Waals surface area contributed by atoms with Gasteiger partial charge in [-0.2, -0.15) is 0 Å². The number of carbonyl (C=O) groups is 1. The highest BCUT2D eigenvalue weighted by atomic mass is 19.1. The summed E-state index contributed by atoms with van der Waals surface area (Å²) in [5.74, 6) is 0.0123. The minimum atomic E-state index is -0.555. The van der Waals surface area contributed by atoms with Gasteiger partial charge in [-0.05, 0) is 61.1 Å². The van der Waals surface area contributed by atoms with Crippen LogP contribution in [0.4, 0.5) is 10.1 Å². The van der Waals surface area contributed by atoms with Crippen molar-refractivity contribution in [3.8, 4) is 33.8 Å². The van der Waals surface area contributed by atoms with Gasteiger partial charge in [0.2, 0.25) is 5.91 Å². The standard InChI is InChI=1S/C25H24FNO3/c1-16(28)27-24-14-11-18(15-23(24)26)22-8-4-7-21(25(22)29)17-9-12-20(13-10-17)30-19-5-2-3-6-19/h4,7-15,19,29H,2-3,5-6H2,1H3,(H,27,28). The number of hydrogen-bond donors (Lipinski definition) is 2. The first-order chi connectivity index (χ1) is 14.5. The van der Waals surface area contributed by atoms with Gasteiger partial charge in [0.15, 0.2) is 0 Å². The second-order valence-electron chi connectivity index (χ2n) is 7.63. The van der Waals surface area contributed by atoms with Crippen molar-refractivity contribution in [2.24, 2.45) is 0 Å². The molecular weight excluding hydrogens is 381 g/mol. The molecule has 4 rings (SSSR count). The topological polar surface area (TPSA) is 58.6 Å². The molecule has 154 valence electrons. The average molecular weight is 405 g/mol. The van der Waals surface area contributed by atoms with E-state index in [4.69, 9.17) is 4.74 Å². The highest BCUT2D eigenvalue weighted by Crippen LogP contribution is 2.39. The Morgan fingerprint density at radius 1 is 1.00 bits per heavy atom. The molecule has 0 bridgehead atoms. The number of carbonyl (C=O) groups excluding carboxylic acids is 1. The number of hydrogen-bond acceptors (Lipinski definition) is 3. The van der Waals surface area contributed by atoms with E-state index in [1.54, 1.807) is 12.1 Å².